The van der Waals surface area contributed by atoms with Gasteiger partial charge in [0, 0.05) is 46.0 Å². The fourth-order valence-corrected chi connectivity index (χ4v) is 6.91. The number of ketones is 1. The number of likely N-dealkylation sites (tertiary alicyclic amines) is 1. The highest BCUT2D eigenvalue weighted by atomic mass is 79.9. The minimum Gasteiger partial charge on any atom is -0.444 e. The Bertz CT molecular complexity index is 1670. The number of Topliss-reactive ketones (excluding diaryl/α,β-unsaturated/α-hetero) is 1. The molecule has 1 amide bonds. The average molecular weight is 768 g/mol. The van der Waals surface area contributed by atoms with Crippen LogP contribution in [0, 0.1) is 0 Å². The van der Waals surface area contributed by atoms with E-state index in [0.717, 1.165) is 65.1 Å². The van der Waals surface area contributed by atoms with E-state index in [2.05, 4.69) is 92.7 Å². The molecule has 3 aromatic rings. The number of hydrogen-bond donors (Lipinski definition) is 0. The normalized spacial score (nSPS) is 18.6. The Labute approximate surface area is 311 Å². The number of aromatic nitrogens is 5. The number of piperidine rings is 1. The van der Waals surface area contributed by atoms with Gasteiger partial charge in [-0.1, -0.05) is 71.3 Å². The van der Waals surface area contributed by atoms with E-state index in [1.54, 1.807) is 11.3 Å². The number of hydrogen-bond acceptors (Lipinski definition) is 9. The number of alkyl halides is 1. The van der Waals surface area contributed by atoms with Crippen LogP contribution >= 0.6 is 27.3 Å². The predicted molar refractivity (Wildman–Crippen MR) is 204 cm³/mol. The van der Waals surface area contributed by atoms with Crippen molar-refractivity contribution in [3.63, 3.8) is 0 Å². The number of ether oxygens (including phenoxy) is 1. The number of carbonyl (C=O) groups is 2. The number of nitrogens with zero attached hydrogens (tertiary/aromatic N) is 6. The molecule has 1 saturated heterocycles. The summed E-state index contributed by atoms with van der Waals surface area (Å²) in [5, 5.41) is 3.58. The first kappa shape index (κ1) is 38.4. The molecule has 2 saturated carbocycles. The molecule has 2 aliphatic carbocycles. The van der Waals surface area contributed by atoms with Gasteiger partial charge in [0.05, 0.1) is 33.1 Å². The van der Waals surface area contributed by atoms with Crippen LogP contribution in [0.2, 0.25) is 0 Å². The van der Waals surface area contributed by atoms with Crippen LogP contribution in [-0.4, -0.2) is 65.7 Å². The predicted octanol–water partition coefficient (Wildman–Crippen LogP) is 9.47. The first-order chi connectivity index (χ1) is 23.1. The van der Waals surface area contributed by atoms with Gasteiger partial charge in [-0.15, -0.1) is 11.3 Å². The molecular formula is C39H55BrN6O3S. The van der Waals surface area contributed by atoms with E-state index in [1.807, 2.05) is 31.7 Å². The Morgan fingerprint density at radius 3 is 1.80 bits per heavy atom. The van der Waals surface area contributed by atoms with Crippen molar-refractivity contribution in [2.45, 2.75) is 148 Å². The number of thiazole rings is 1. The van der Waals surface area contributed by atoms with Crippen LogP contribution < -0.4 is 0 Å². The van der Waals surface area contributed by atoms with Gasteiger partial charge < -0.3 is 9.64 Å². The molecule has 1 aliphatic heterocycles. The first-order valence-corrected chi connectivity index (χ1v) is 19.9. The quantitative estimate of drug-likeness (QED) is 0.180. The minimum atomic E-state index is -0.460. The molecule has 0 bridgehead atoms. The first-order valence-electron chi connectivity index (χ1n) is 17.9. The molecule has 3 fully saturated rings. The van der Waals surface area contributed by atoms with E-state index in [9.17, 15) is 9.59 Å². The summed E-state index contributed by atoms with van der Waals surface area (Å²) in [6.45, 7) is 24.3. The Morgan fingerprint density at radius 2 is 1.32 bits per heavy atom. The summed E-state index contributed by atoms with van der Waals surface area (Å²) >= 11 is 4.91. The van der Waals surface area contributed by atoms with Crippen molar-refractivity contribution in [2.24, 2.45) is 0 Å². The number of carbonyl (C=O) groups excluding carboxylic acids is 2. The third-order valence-electron chi connectivity index (χ3n) is 9.72. The molecule has 272 valence electrons. The van der Waals surface area contributed by atoms with E-state index in [-0.39, 0.29) is 33.5 Å². The zero-order valence-electron chi connectivity index (χ0n) is 31.9. The lowest BCUT2D eigenvalue weighted by Gasteiger charge is -2.32. The van der Waals surface area contributed by atoms with Gasteiger partial charge in [-0.05, 0) is 71.4 Å². The highest BCUT2D eigenvalue weighted by Gasteiger charge is 2.43. The number of rotatable bonds is 6. The maximum absolute atomic E-state index is 12.4. The molecule has 0 N–H and O–H groups in total. The molecule has 9 nitrogen and oxygen atoms in total. The molecular weight excluding hydrogens is 712 g/mol. The fraction of sp³-hybridized carbons (Fsp3) is 0.667. The lowest BCUT2D eigenvalue weighted by molar-refractivity contribution is 0.0204. The Morgan fingerprint density at radius 1 is 0.800 bits per heavy atom. The van der Waals surface area contributed by atoms with Crippen molar-refractivity contribution >= 4 is 39.1 Å². The molecule has 6 rings (SSSR count). The molecule has 3 aromatic heterocycles. The number of amides is 1. The largest absolute Gasteiger partial charge is 0.444 e. The summed E-state index contributed by atoms with van der Waals surface area (Å²) in [5.74, 6) is 2.04. The molecule has 50 heavy (non-hydrogen) atoms. The third kappa shape index (κ3) is 9.35. The van der Waals surface area contributed by atoms with Crippen LogP contribution in [0.3, 0.4) is 0 Å². The lowest BCUT2D eigenvalue weighted by atomic mass is 9.94. The Kier molecular flexibility index (Phi) is 10.7. The maximum atomic E-state index is 12.4. The molecule has 4 heterocycles. The summed E-state index contributed by atoms with van der Waals surface area (Å²) < 4.78 is 5.52. The summed E-state index contributed by atoms with van der Waals surface area (Å²) in [6, 6.07) is 4.01. The Balaban J connectivity index is 0.000000228. The van der Waals surface area contributed by atoms with Gasteiger partial charge in [0.25, 0.3) is 0 Å². The lowest BCUT2D eigenvalue weighted by Crippen LogP contribution is -2.41. The van der Waals surface area contributed by atoms with Crippen LogP contribution in [-0.2, 0) is 26.4 Å². The second kappa shape index (κ2) is 14.0. The molecule has 11 heteroatoms. The van der Waals surface area contributed by atoms with Crippen LogP contribution in [0.5, 0.6) is 0 Å². The second-order valence-electron chi connectivity index (χ2n) is 17.9. The van der Waals surface area contributed by atoms with Gasteiger partial charge >= 0.3 is 6.09 Å². The fourth-order valence-electron chi connectivity index (χ4n) is 5.64. The topological polar surface area (TPSA) is 111 Å². The zero-order valence-corrected chi connectivity index (χ0v) is 34.3. The van der Waals surface area contributed by atoms with Gasteiger partial charge in [0.15, 0.2) is 5.78 Å². The SMILES string of the molecule is CC(C)(C)OC(=O)N1CCC(c2nc(-c3cc(C4(C)CC4)nc(C(C)(C)C)n3)cs2)CC1.CC(C)(C)c1nc(C(=O)CBr)cc(C2(C)CC2)n1. The monoisotopic (exact) mass is 766 g/mol. The van der Waals surface area contributed by atoms with Gasteiger partial charge in [-0.25, -0.2) is 29.7 Å². The van der Waals surface area contributed by atoms with Crippen molar-refractivity contribution in [3.8, 4) is 11.4 Å². The highest BCUT2D eigenvalue weighted by molar-refractivity contribution is 9.09. The number of halogens is 1. The molecule has 0 aromatic carbocycles. The molecule has 3 aliphatic rings. The van der Waals surface area contributed by atoms with Crippen molar-refractivity contribution in [1.82, 2.24) is 29.8 Å². The molecule has 0 atom stereocenters. The van der Waals surface area contributed by atoms with Crippen LogP contribution in [0.15, 0.2) is 17.5 Å². The summed E-state index contributed by atoms with van der Waals surface area (Å²) in [5.41, 5.74) is 4.22. The summed E-state index contributed by atoms with van der Waals surface area (Å²) in [6.07, 6.45) is 6.27. The zero-order chi connectivity index (χ0) is 36.9. The van der Waals surface area contributed by atoms with Crippen LogP contribution in [0.1, 0.15) is 159 Å². The van der Waals surface area contributed by atoms with Crippen LogP contribution in [0.4, 0.5) is 4.79 Å². The standard InChI is InChI=1S/C25H36N4O2S.C14H19BrN2O/c1-23(2,3)21-27-17(14-19(28-21)25(7)10-11-25)18-15-32-20(26-18)16-8-12-29(13-9-16)22(30)31-24(4,5)6;1-13(2,3)12-16-9(10(18)8-15)7-11(17-12)14(4)5-6-14/h14-16H,8-13H2,1-7H3;7H,5-6,8H2,1-4H3. The molecule has 0 spiro atoms. The molecule has 0 radical (unpaired) electrons. The minimum absolute atomic E-state index is 0.0217. The maximum Gasteiger partial charge on any atom is 0.410 e. The van der Waals surface area contributed by atoms with Crippen molar-refractivity contribution < 1.29 is 14.3 Å². The van der Waals surface area contributed by atoms with E-state index in [4.69, 9.17) is 19.7 Å². The van der Waals surface area contributed by atoms with Gasteiger partial charge in [-0.3, -0.25) is 4.79 Å². The smallest absolute Gasteiger partial charge is 0.410 e. The van der Waals surface area contributed by atoms with E-state index in [1.165, 1.54) is 12.8 Å². The molecule has 0 unspecified atom stereocenters. The van der Waals surface area contributed by atoms with Gasteiger partial charge in [0.1, 0.15) is 22.9 Å². The Hall–Kier alpha value is -2.79. The summed E-state index contributed by atoms with van der Waals surface area (Å²) in [4.78, 5) is 50.0. The third-order valence-corrected chi connectivity index (χ3v) is 11.2. The van der Waals surface area contributed by atoms with E-state index >= 15 is 0 Å². The van der Waals surface area contributed by atoms with Gasteiger partial charge in [-0.2, -0.15) is 0 Å². The van der Waals surface area contributed by atoms with E-state index < -0.39 is 5.60 Å². The van der Waals surface area contributed by atoms with Gasteiger partial charge in [0.2, 0.25) is 0 Å². The van der Waals surface area contributed by atoms with Crippen molar-refractivity contribution in [2.75, 3.05) is 18.4 Å². The highest BCUT2D eigenvalue weighted by Crippen LogP contribution is 2.48. The van der Waals surface area contributed by atoms with Crippen molar-refractivity contribution in [3.05, 3.63) is 51.3 Å². The van der Waals surface area contributed by atoms with Crippen molar-refractivity contribution in [1.29, 1.82) is 0 Å². The summed E-state index contributed by atoms with van der Waals surface area (Å²) in [7, 11) is 0. The van der Waals surface area contributed by atoms with Crippen LogP contribution in [0.25, 0.3) is 11.4 Å². The average Bonchev–Trinajstić information content (AvgIpc) is 3.93. The second-order valence-corrected chi connectivity index (χ2v) is 19.4. The van der Waals surface area contributed by atoms with E-state index in [0.29, 0.717) is 30.0 Å².